The third-order valence-electron chi connectivity index (χ3n) is 2.78. The minimum absolute atomic E-state index is 0.0358. The number of nitrogens with zero attached hydrogens (tertiary/aromatic N) is 3. The van der Waals surface area contributed by atoms with E-state index < -0.39 is 0 Å². The average Bonchev–Trinajstić information content (AvgIpc) is 2.88. The van der Waals surface area contributed by atoms with Gasteiger partial charge in [0.25, 0.3) is 5.89 Å². The van der Waals surface area contributed by atoms with Crippen LogP contribution in [0.3, 0.4) is 0 Å². The van der Waals surface area contributed by atoms with Gasteiger partial charge in [-0.25, -0.2) is 0 Å². The average molecular weight is 269 g/mol. The largest absolute Gasteiger partial charge is 0.508 e. The molecule has 0 fully saturated rings. The van der Waals surface area contributed by atoms with Crippen LogP contribution in [0.1, 0.15) is 5.56 Å². The molecule has 6 nitrogen and oxygen atoms in total. The maximum atomic E-state index is 9.77. The van der Waals surface area contributed by atoms with Crippen molar-refractivity contribution < 1.29 is 14.7 Å². The lowest BCUT2D eigenvalue weighted by molar-refractivity contribution is 0.423. The normalized spacial score (nSPS) is 10.7. The predicted molar refractivity (Wildman–Crippen MR) is 71.0 cm³/mol. The number of rotatable bonds is 2. The number of phenolic OH excluding ortho intramolecular Hbond substituents is 2. The summed E-state index contributed by atoms with van der Waals surface area (Å²) in [7, 11) is 0. The van der Waals surface area contributed by atoms with Gasteiger partial charge < -0.3 is 14.7 Å². The van der Waals surface area contributed by atoms with Crippen molar-refractivity contribution in [1.29, 1.82) is 0 Å². The molecule has 6 heteroatoms. The van der Waals surface area contributed by atoms with Gasteiger partial charge in [0.1, 0.15) is 17.2 Å². The van der Waals surface area contributed by atoms with E-state index in [9.17, 15) is 10.2 Å². The first-order valence-corrected chi connectivity index (χ1v) is 5.92. The molecular formula is C14H11N3O3. The number of aromatic nitrogens is 3. The number of hydrogen-bond donors (Lipinski definition) is 2. The zero-order valence-corrected chi connectivity index (χ0v) is 10.6. The molecule has 0 aliphatic rings. The maximum absolute atomic E-state index is 9.77. The van der Waals surface area contributed by atoms with Crippen LogP contribution in [0.15, 0.2) is 41.1 Å². The van der Waals surface area contributed by atoms with Gasteiger partial charge in [0.05, 0.1) is 5.56 Å². The van der Waals surface area contributed by atoms with Gasteiger partial charge in [-0.05, 0) is 36.8 Å². The summed E-state index contributed by atoms with van der Waals surface area (Å²) >= 11 is 0. The predicted octanol–water partition coefficient (Wildman–Crippen LogP) is 2.52. The van der Waals surface area contributed by atoms with Crippen LogP contribution in [0.4, 0.5) is 0 Å². The molecular weight excluding hydrogens is 258 g/mol. The van der Waals surface area contributed by atoms with E-state index in [2.05, 4.69) is 15.1 Å². The van der Waals surface area contributed by atoms with Crippen molar-refractivity contribution in [2.24, 2.45) is 0 Å². The minimum atomic E-state index is -0.127. The summed E-state index contributed by atoms with van der Waals surface area (Å²) in [6.07, 6.45) is 1.67. The molecule has 0 atom stereocenters. The SMILES string of the molecule is Cc1ccnc(-c2noc(-c3ccc(O)cc3O)n2)c1. The summed E-state index contributed by atoms with van der Waals surface area (Å²) in [5.41, 5.74) is 1.99. The Kier molecular flexibility index (Phi) is 2.83. The highest BCUT2D eigenvalue weighted by Crippen LogP contribution is 2.31. The Morgan fingerprint density at radius 2 is 1.95 bits per heavy atom. The molecule has 0 bridgehead atoms. The molecule has 100 valence electrons. The van der Waals surface area contributed by atoms with Crippen LogP contribution in [0.25, 0.3) is 23.0 Å². The summed E-state index contributed by atoms with van der Waals surface area (Å²) in [5.74, 6) is 0.348. The summed E-state index contributed by atoms with van der Waals surface area (Å²) in [4.78, 5) is 8.37. The minimum Gasteiger partial charge on any atom is -0.508 e. The lowest BCUT2D eigenvalue weighted by Gasteiger charge is -1.99. The Hall–Kier alpha value is -2.89. The zero-order valence-electron chi connectivity index (χ0n) is 10.6. The maximum Gasteiger partial charge on any atom is 0.262 e. The van der Waals surface area contributed by atoms with Crippen LogP contribution in [-0.2, 0) is 0 Å². The van der Waals surface area contributed by atoms with Crippen molar-refractivity contribution >= 4 is 0 Å². The van der Waals surface area contributed by atoms with E-state index in [1.54, 1.807) is 6.20 Å². The fourth-order valence-electron chi connectivity index (χ4n) is 1.80. The van der Waals surface area contributed by atoms with Crippen molar-refractivity contribution in [2.45, 2.75) is 6.92 Å². The monoisotopic (exact) mass is 269 g/mol. The van der Waals surface area contributed by atoms with Crippen LogP contribution < -0.4 is 0 Å². The second-order valence-corrected chi connectivity index (χ2v) is 4.34. The summed E-state index contributed by atoms with van der Waals surface area (Å²) in [6.45, 7) is 1.94. The second-order valence-electron chi connectivity index (χ2n) is 4.34. The third-order valence-corrected chi connectivity index (χ3v) is 2.78. The molecule has 0 spiro atoms. The lowest BCUT2D eigenvalue weighted by Crippen LogP contribution is -1.86. The Bertz CT molecular complexity index is 768. The summed E-state index contributed by atoms with van der Waals surface area (Å²) < 4.78 is 5.12. The molecule has 0 saturated heterocycles. The van der Waals surface area contributed by atoms with Gasteiger partial charge in [-0.2, -0.15) is 4.98 Å². The van der Waals surface area contributed by atoms with Crippen LogP contribution >= 0.6 is 0 Å². The van der Waals surface area contributed by atoms with Gasteiger partial charge in [-0.3, -0.25) is 4.98 Å². The highest BCUT2D eigenvalue weighted by Gasteiger charge is 2.15. The molecule has 0 aliphatic carbocycles. The number of aromatic hydroxyl groups is 2. The summed E-state index contributed by atoms with van der Waals surface area (Å²) in [5, 5.41) is 22.9. The number of aryl methyl sites for hydroxylation is 1. The van der Waals surface area contributed by atoms with Gasteiger partial charge in [0, 0.05) is 12.3 Å². The number of hydrogen-bond acceptors (Lipinski definition) is 6. The molecule has 0 saturated carbocycles. The molecule has 0 radical (unpaired) electrons. The molecule has 0 amide bonds. The number of phenols is 2. The molecule has 2 N–H and O–H groups in total. The first kappa shape index (κ1) is 12.2. The Labute approximate surface area is 114 Å². The van der Waals surface area contributed by atoms with Gasteiger partial charge in [-0.1, -0.05) is 5.16 Å². The molecule has 1 aromatic carbocycles. The fourth-order valence-corrected chi connectivity index (χ4v) is 1.80. The molecule has 0 unspecified atom stereocenters. The van der Waals surface area contributed by atoms with E-state index in [1.165, 1.54) is 18.2 Å². The summed E-state index contributed by atoms with van der Waals surface area (Å²) in [6, 6.07) is 7.86. The van der Waals surface area contributed by atoms with Crippen molar-refractivity contribution in [1.82, 2.24) is 15.1 Å². The second kappa shape index (κ2) is 4.65. The number of benzene rings is 1. The van der Waals surface area contributed by atoms with E-state index >= 15 is 0 Å². The highest BCUT2D eigenvalue weighted by molar-refractivity contribution is 5.65. The van der Waals surface area contributed by atoms with Crippen LogP contribution in [0, 0.1) is 6.92 Å². The molecule has 2 aromatic heterocycles. The van der Waals surface area contributed by atoms with E-state index in [1.807, 2.05) is 19.1 Å². The standard InChI is InChI=1S/C14H11N3O3/c1-8-4-5-15-11(6-8)13-16-14(20-17-13)10-3-2-9(18)7-12(10)19/h2-7,18-19H,1H3. The van der Waals surface area contributed by atoms with Crippen molar-refractivity contribution in [3.05, 3.63) is 42.1 Å². The van der Waals surface area contributed by atoms with Gasteiger partial charge in [-0.15, -0.1) is 0 Å². The van der Waals surface area contributed by atoms with E-state index in [0.717, 1.165) is 5.56 Å². The van der Waals surface area contributed by atoms with Crippen molar-refractivity contribution in [3.8, 4) is 34.5 Å². The molecule has 0 aliphatic heterocycles. The number of pyridine rings is 1. The van der Waals surface area contributed by atoms with Crippen molar-refractivity contribution in [3.63, 3.8) is 0 Å². The topological polar surface area (TPSA) is 92.3 Å². The Morgan fingerprint density at radius 3 is 2.70 bits per heavy atom. The lowest BCUT2D eigenvalue weighted by atomic mass is 10.2. The quantitative estimate of drug-likeness (QED) is 0.742. The fraction of sp³-hybridized carbons (Fsp3) is 0.0714. The van der Waals surface area contributed by atoms with Crippen LogP contribution in [0.2, 0.25) is 0 Å². The molecule has 3 rings (SSSR count). The Balaban J connectivity index is 2.02. The van der Waals surface area contributed by atoms with Gasteiger partial charge >= 0.3 is 0 Å². The highest BCUT2D eigenvalue weighted by atomic mass is 16.5. The molecule has 3 aromatic rings. The molecule has 20 heavy (non-hydrogen) atoms. The first-order valence-electron chi connectivity index (χ1n) is 5.92. The van der Waals surface area contributed by atoms with Crippen molar-refractivity contribution in [2.75, 3.05) is 0 Å². The van der Waals surface area contributed by atoms with Gasteiger partial charge in [0.2, 0.25) is 5.82 Å². The van der Waals surface area contributed by atoms with Crippen LogP contribution in [0.5, 0.6) is 11.5 Å². The van der Waals surface area contributed by atoms with Gasteiger partial charge in [0.15, 0.2) is 0 Å². The third kappa shape index (κ3) is 2.18. The van der Waals surface area contributed by atoms with E-state index in [0.29, 0.717) is 17.1 Å². The van der Waals surface area contributed by atoms with E-state index in [-0.39, 0.29) is 17.4 Å². The zero-order chi connectivity index (χ0) is 14.1. The Morgan fingerprint density at radius 1 is 1.10 bits per heavy atom. The van der Waals surface area contributed by atoms with Crippen LogP contribution in [-0.4, -0.2) is 25.3 Å². The smallest absolute Gasteiger partial charge is 0.262 e. The first-order chi connectivity index (χ1) is 9.63. The molecule has 2 heterocycles. The van der Waals surface area contributed by atoms with E-state index in [4.69, 9.17) is 4.52 Å².